The first-order chi connectivity index (χ1) is 2.27. The van der Waals surface area contributed by atoms with Crippen molar-refractivity contribution in [2.45, 2.75) is 0 Å². The predicted molar refractivity (Wildman–Crippen MR) is 9.13 cm³/mol. The Hall–Kier alpha value is -0.840. The zero-order chi connectivity index (χ0) is 4.28. The van der Waals surface area contributed by atoms with Gasteiger partial charge in [0, 0.05) is 4.99 Å². The molecule has 0 saturated heterocycles. The first kappa shape index (κ1) is 4.16. The lowest BCUT2D eigenvalue weighted by atomic mass is 13.1. The highest BCUT2D eigenvalue weighted by Gasteiger charge is 1.94. The van der Waals surface area contributed by atoms with Gasteiger partial charge in [0.1, 0.15) is 4.91 Å². The van der Waals surface area contributed by atoms with E-state index in [0.717, 1.165) is 0 Å². The molecule has 0 aliphatic heterocycles. The maximum atomic E-state index is 8.81. The molecule has 0 aromatic rings. The van der Waals surface area contributed by atoms with E-state index in [4.69, 9.17) is 15.4 Å². The molecule has 0 bridgehead atoms. The molecule has 0 aromatic heterocycles. The third-order valence-electron chi connectivity index (χ3n) is 0.0698. The Labute approximate surface area is 26.8 Å². The van der Waals surface area contributed by atoms with Crippen LogP contribution in [-0.2, 0) is 4.99 Å². The van der Waals surface area contributed by atoms with Crippen molar-refractivity contribution in [2.24, 2.45) is 0 Å². The molecule has 0 aliphatic rings. The minimum atomic E-state index is -1.07. The van der Waals surface area contributed by atoms with Crippen LogP contribution in [0, 0.1) is 4.91 Å². The van der Waals surface area contributed by atoms with E-state index in [0.29, 0.717) is 0 Å². The summed E-state index contributed by atoms with van der Waals surface area (Å²) in [6, 6.07) is 0. The smallest absolute Gasteiger partial charge is 0.198 e. The molecular weight excluding hydrogens is 78.0 g/mol. The summed E-state index contributed by atoms with van der Waals surface area (Å²) in [6.07, 6.45) is 0. The van der Waals surface area contributed by atoms with E-state index < -0.39 is 5.09 Å². The Bertz CT molecular complexity index is 38.9. The highest BCUT2D eigenvalue weighted by atomic mass is 17.3. The lowest BCUT2D eigenvalue weighted by Gasteiger charge is -1.59. The Balaban J connectivity index is 2.85. The van der Waals surface area contributed by atoms with Gasteiger partial charge in [-0.15, -0.1) is 5.26 Å². The second-order valence-electron chi connectivity index (χ2n) is 0.319. The van der Waals surface area contributed by atoms with Gasteiger partial charge in [0.05, 0.1) is 0 Å². The van der Waals surface area contributed by atoms with Crippen molar-refractivity contribution in [3.8, 4) is 0 Å². The molecule has 5 heavy (non-hydrogen) atoms. The molecule has 0 heterocycles. The molecule has 0 rings (SSSR count). The van der Waals surface area contributed by atoms with E-state index in [1.807, 2.05) is 0 Å². The van der Waals surface area contributed by atoms with Crippen LogP contribution in [0.15, 0.2) is 0 Å². The Morgan fingerprint density at radius 2 is 2.00 bits per heavy atom. The number of hydrogen-bond donors (Lipinski definition) is 2. The lowest BCUT2D eigenvalue weighted by Crippen LogP contribution is -1.96. The summed E-state index contributed by atoms with van der Waals surface area (Å²) in [6.45, 7) is 0. The summed E-state index contributed by atoms with van der Waals surface area (Å²) >= 11 is 0. The zero-order valence-corrected chi connectivity index (χ0v) is 2.16. The van der Waals surface area contributed by atoms with E-state index in [2.05, 4.69) is 4.99 Å². The summed E-state index contributed by atoms with van der Waals surface area (Å²) in [5.74, 6) is 0. The third kappa shape index (κ3) is 3.16. The van der Waals surface area contributed by atoms with Crippen LogP contribution in [0.3, 0.4) is 0 Å². The van der Waals surface area contributed by atoms with Crippen LogP contribution in [0.4, 0.5) is 0 Å². The Morgan fingerprint density at radius 1 is 1.80 bits per heavy atom. The van der Waals surface area contributed by atoms with E-state index in [1.54, 1.807) is 0 Å². The summed E-state index contributed by atoms with van der Waals surface area (Å²) in [7, 11) is 0. The van der Waals surface area contributed by atoms with Crippen LogP contribution in [0.5, 0.6) is 0 Å². The summed E-state index contributed by atoms with van der Waals surface area (Å²) < 4.78 is 0. The van der Waals surface area contributed by atoms with Gasteiger partial charge in [-0.25, -0.2) is 0 Å². The van der Waals surface area contributed by atoms with E-state index in [1.165, 1.54) is 0 Å². The standard InChI is InChI=1S/HNO4/c2-1(3)5-4/h(H-,2,3,4)/p+1. The van der Waals surface area contributed by atoms with Crippen molar-refractivity contribution in [3.63, 3.8) is 0 Å². The van der Waals surface area contributed by atoms with Crippen molar-refractivity contribution >= 4 is 0 Å². The first-order valence-electron chi connectivity index (χ1n) is 0.748. The normalized spacial score (nSPS) is 6.60. The quantitative estimate of drug-likeness (QED) is 0.331. The van der Waals surface area contributed by atoms with Crippen molar-refractivity contribution in [3.05, 3.63) is 4.91 Å². The highest BCUT2D eigenvalue weighted by molar-refractivity contribution is 3.57. The maximum Gasteiger partial charge on any atom is 0.509 e. The topological polar surface area (TPSA) is 69.8 Å². The van der Waals surface area contributed by atoms with Crippen LogP contribution in [0.1, 0.15) is 0 Å². The van der Waals surface area contributed by atoms with Gasteiger partial charge in [-0.2, -0.15) is 5.21 Å². The van der Waals surface area contributed by atoms with Crippen LogP contribution in [0.25, 0.3) is 0 Å². The fourth-order valence-corrected chi connectivity index (χ4v) is 0. The van der Waals surface area contributed by atoms with Gasteiger partial charge in [-0.3, -0.25) is 0 Å². The van der Waals surface area contributed by atoms with Gasteiger partial charge in [0.25, 0.3) is 0 Å². The monoisotopic (exact) mass is 80.0 g/mol. The van der Waals surface area contributed by atoms with Gasteiger partial charge in [-0.05, 0) is 0 Å². The van der Waals surface area contributed by atoms with Crippen LogP contribution < -0.4 is 0 Å². The van der Waals surface area contributed by atoms with Crippen LogP contribution in [-0.4, -0.2) is 15.6 Å². The van der Waals surface area contributed by atoms with Gasteiger partial charge >= 0.3 is 5.09 Å². The summed E-state index contributed by atoms with van der Waals surface area (Å²) in [4.78, 5) is 11.4. The molecule has 5 nitrogen and oxygen atoms in total. The SMILES string of the molecule is O=[N+](O)OO. The van der Waals surface area contributed by atoms with Gasteiger partial charge in [-0.1, -0.05) is 0 Å². The van der Waals surface area contributed by atoms with E-state index in [9.17, 15) is 0 Å². The number of rotatable bonds is 1. The Morgan fingerprint density at radius 3 is 2.00 bits per heavy atom. The lowest BCUT2D eigenvalue weighted by molar-refractivity contribution is -1.03. The number of hydrogen-bond acceptors (Lipinski definition) is 3. The number of nitrogens with zero attached hydrogens (tertiary/aromatic N) is 1. The second-order valence-corrected chi connectivity index (χ2v) is 0.319. The second kappa shape index (κ2) is 1.48. The van der Waals surface area contributed by atoms with Crippen LogP contribution >= 0.6 is 0 Å². The van der Waals surface area contributed by atoms with Crippen molar-refractivity contribution in [1.82, 2.24) is 0 Å². The first-order valence-corrected chi connectivity index (χ1v) is 0.748. The molecule has 0 amide bonds. The van der Waals surface area contributed by atoms with Gasteiger partial charge < -0.3 is 0 Å². The average molecular weight is 80.0 g/mol. The van der Waals surface area contributed by atoms with Gasteiger partial charge in [0.2, 0.25) is 0 Å². The van der Waals surface area contributed by atoms with E-state index in [-0.39, 0.29) is 0 Å². The predicted octanol–water partition coefficient (Wildman–Crippen LogP) is -0.441. The molecule has 0 spiro atoms. The van der Waals surface area contributed by atoms with Crippen LogP contribution in [0.2, 0.25) is 0 Å². The molecule has 0 aliphatic carbocycles. The fraction of sp³-hybridized carbons (Fsp3) is 0. The minimum absolute atomic E-state index is 1.07. The molecule has 0 aromatic carbocycles. The zero-order valence-electron chi connectivity index (χ0n) is 2.16. The van der Waals surface area contributed by atoms with Crippen molar-refractivity contribution < 1.29 is 20.5 Å². The summed E-state index contributed by atoms with van der Waals surface area (Å²) in [5, 5.41) is 13.1. The van der Waals surface area contributed by atoms with E-state index >= 15 is 0 Å². The molecule has 2 N–H and O–H groups in total. The average Bonchev–Trinajstić information content (AvgIpc) is 1.38. The maximum absolute atomic E-state index is 8.81. The molecule has 0 atom stereocenters. The molecule has 0 saturated carbocycles. The van der Waals surface area contributed by atoms with Gasteiger partial charge in [0.15, 0.2) is 0 Å². The molecule has 5 heteroatoms. The Kier molecular flexibility index (Phi) is 1.23. The fourth-order valence-electron chi connectivity index (χ4n) is 0. The molecular formula is H2NO4+. The van der Waals surface area contributed by atoms with Crippen molar-refractivity contribution in [1.29, 1.82) is 0 Å². The molecule has 0 unspecified atom stereocenters. The third-order valence-corrected chi connectivity index (χ3v) is 0.0698. The minimum Gasteiger partial charge on any atom is -0.198 e. The highest BCUT2D eigenvalue weighted by Crippen LogP contribution is 1.52. The molecule has 30 valence electrons. The largest absolute Gasteiger partial charge is 0.509 e. The molecule has 0 fully saturated rings. The molecule has 0 radical (unpaired) electrons. The van der Waals surface area contributed by atoms with Crippen molar-refractivity contribution in [2.75, 3.05) is 0 Å². The summed E-state index contributed by atoms with van der Waals surface area (Å²) in [5.41, 5.74) is 0.